The fraction of sp³-hybridized carbons (Fsp3) is 0.375. The monoisotopic (exact) mass is 387 g/mol. The molecule has 1 aromatic heterocycles. The number of nitrogens with two attached hydrogens (primary N) is 1. The number of hydrogen-bond acceptors (Lipinski definition) is 4. The summed E-state index contributed by atoms with van der Waals surface area (Å²) in [4.78, 5) is 2.54. The van der Waals surface area contributed by atoms with Crippen molar-refractivity contribution in [3.05, 3.63) is 71.4 Å². The van der Waals surface area contributed by atoms with E-state index in [1.165, 1.54) is 16.8 Å². The van der Waals surface area contributed by atoms with Crippen LogP contribution in [0, 0.1) is 0 Å². The Kier molecular flexibility index (Phi) is 5.08. The Balaban J connectivity index is 1.50. The third-order valence-electron chi connectivity index (χ3n) is 6.23. The van der Waals surface area contributed by atoms with Gasteiger partial charge in [0.15, 0.2) is 0 Å². The molecular formula is C24H29N5. The number of aromatic nitrogens is 2. The average Bonchev–Trinajstić information content (AvgIpc) is 3.14. The zero-order valence-corrected chi connectivity index (χ0v) is 16.8. The molecule has 3 N–H and O–H groups in total. The normalized spacial score (nSPS) is 17.9. The number of nitrogen functional groups attached to an aromatic ring is 1. The second-order valence-electron chi connectivity index (χ2n) is 8.27. The van der Waals surface area contributed by atoms with Crippen molar-refractivity contribution in [2.24, 2.45) is 0 Å². The number of piperidine rings is 1. The molecule has 0 aliphatic carbocycles. The van der Waals surface area contributed by atoms with Gasteiger partial charge in [0.05, 0.1) is 11.7 Å². The summed E-state index contributed by atoms with van der Waals surface area (Å²) in [6, 6.07) is 19.4. The van der Waals surface area contributed by atoms with E-state index in [9.17, 15) is 0 Å². The summed E-state index contributed by atoms with van der Waals surface area (Å²) in [6.07, 6.45) is 3.36. The Morgan fingerprint density at radius 1 is 1.03 bits per heavy atom. The first kappa shape index (κ1) is 18.4. The summed E-state index contributed by atoms with van der Waals surface area (Å²) in [7, 11) is 0. The number of nitrogens with one attached hydrogen (secondary N) is 1. The van der Waals surface area contributed by atoms with E-state index >= 15 is 0 Å². The number of rotatable bonds is 4. The molecule has 2 aliphatic heterocycles. The summed E-state index contributed by atoms with van der Waals surface area (Å²) >= 11 is 0. The van der Waals surface area contributed by atoms with Gasteiger partial charge in [-0.2, -0.15) is 5.10 Å². The molecule has 3 aromatic rings. The molecule has 0 spiro atoms. The molecule has 5 heteroatoms. The summed E-state index contributed by atoms with van der Waals surface area (Å²) < 4.78 is 2.36. The lowest BCUT2D eigenvalue weighted by Crippen LogP contribution is -2.33. The van der Waals surface area contributed by atoms with Gasteiger partial charge in [-0.15, -0.1) is 0 Å². The highest BCUT2D eigenvalue weighted by molar-refractivity contribution is 5.68. The Bertz CT molecular complexity index is 972. The van der Waals surface area contributed by atoms with Crippen LogP contribution in [0.3, 0.4) is 0 Å². The Hall–Kier alpha value is -2.63. The molecule has 2 aromatic carbocycles. The van der Waals surface area contributed by atoms with Crippen LogP contribution in [0.25, 0.3) is 11.3 Å². The molecule has 0 bridgehead atoms. The number of nitrogens with zero attached hydrogens (tertiary/aromatic N) is 3. The van der Waals surface area contributed by atoms with Crippen molar-refractivity contribution < 1.29 is 0 Å². The predicted octanol–water partition coefficient (Wildman–Crippen LogP) is 3.62. The largest absolute Gasteiger partial charge is 0.399 e. The Labute approximate surface area is 172 Å². The van der Waals surface area contributed by atoms with Crippen molar-refractivity contribution in [2.75, 3.05) is 25.4 Å². The van der Waals surface area contributed by atoms with E-state index in [2.05, 4.69) is 57.4 Å². The van der Waals surface area contributed by atoms with Crippen LogP contribution in [0.2, 0.25) is 0 Å². The summed E-state index contributed by atoms with van der Waals surface area (Å²) in [5, 5.41) is 8.65. The molecule has 29 heavy (non-hydrogen) atoms. The van der Waals surface area contributed by atoms with Crippen molar-refractivity contribution in [1.29, 1.82) is 0 Å². The highest BCUT2D eigenvalue weighted by atomic mass is 15.3. The van der Waals surface area contributed by atoms with Crippen molar-refractivity contribution in [1.82, 2.24) is 20.0 Å². The molecule has 150 valence electrons. The fourth-order valence-electron chi connectivity index (χ4n) is 4.75. The van der Waals surface area contributed by atoms with Crippen LogP contribution in [0.1, 0.15) is 35.7 Å². The topological polar surface area (TPSA) is 59.1 Å². The predicted molar refractivity (Wildman–Crippen MR) is 117 cm³/mol. The molecule has 1 fully saturated rings. The first-order valence-electron chi connectivity index (χ1n) is 10.7. The van der Waals surface area contributed by atoms with Crippen LogP contribution in [0.4, 0.5) is 5.69 Å². The molecular weight excluding hydrogens is 358 g/mol. The van der Waals surface area contributed by atoms with Crippen LogP contribution >= 0.6 is 0 Å². The van der Waals surface area contributed by atoms with Gasteiger partial charge in [0, 0.05) is 48.6 Å². The fourth-order valence-corrected chi connectivity index (χ4v) is 4.75. The van der Waals surface area contributed by atoms with Crippen LogP contribution < -0.4 is 11.1 Å². The average molecular weight is 388 g/mol. The maximum Gasteiger partial charge on any atom is 0.0972 e. The number of benzene rings is 2. The van der Waals surface area contributed by atoms with E-state index in [-0.39, 0.29) is 0 Å². The van der Waals surface area contributed by atoms with Gasteiger partial charge in [-0.25, -0.2) is 0 Å². The summed E-state index contributed by atoms with van der Waals surface area (Å²) in [5.74, 6) is 0. The van der Waals surface area contributed by atoms with Crippen LogP contribution in [0.15, 0.2) is 54.6 Å². The van der Waals surface area contributed by atoms with E-state index in [4.69, 9.17) is 10.8 Å². The van der Waals surface area contributed by atoms with Gasteiger partial charge in [0.2, 0.25) is 0 Å². The SMILES string of the molecule is Nc1cccc(-c2nn(C3CCNCC3)c3c2CN(Cc2ccccc2)CC3)c1. The molecule has 2 aliphatic rings. The zero-order chi connectivity index (χ0) is 19.6. The quantitative estimate of drug-likeness (QED) is 0.672. The van der Waals surface area contributed by atoms with Crippen molar-refractivity contribution in [2.45, 2.75) is 38.4 Å². The zero-order valence-electron chi connectivity index (χ0n) is 16.8. The van der Waals surface area contributed by atoms with Crippen molar-refractivity contribution in [3.63, 3.8) is 0 Å². The second-order valence-corrected chi connectivity index (χ2v) is 8.27. The lowest BCUT2D eigenvalue weighted by Gasteiger charge is -2.30. The third-order valence-corrected chi connectivity index (χ3v) is 6.23. The van der Waals surface area contributed by atoms with Gasteiger partial charge < -0.3 is 11.1 Å². The highest BCUT2D eigenvalue weighted by Gasteiger charge is 2.29. The van der Waals surface area contributed by atoms with E-state index in [0.717, 1.165) is 68.9 Å². The van der Waals surface area contributed by atoms with E-state index < -0.39 is 0 Å². The minimum atomic E-state index is 0.500. The molecule has 0 radical (unpaired) electrons. The number of hydrogen-bond donors (Lipinski definition) is 2. The summed E-state index contributed by atoms with van der Waals surface area (Å²) in [6.45, 7) is 5.16. The molecule has 5 nitrogen and oxygen atoms in total. The van der Waals surface area contributed by atoms with Crippen LogP contribution in [-0.2, 0) is 19.5 Å². The van der Waals surface area contributed by atoms with Gasteiger partial charge in [-0.1, -0.05) is 42.5 Å². The first-order chi connectivity index (χ1) is 14.3. The molecule has 0 unspecified atom stereocenters. The number of anilines is 1. The molecule has 0 atom stereocenters. The van der Waals surface area contributed by atoms with Crippen molar-refractivity contribution in [3.8, 4) is 11.3 Å². The molecule has 5 rings (SSSR count). The van der Waals surface area contributed by atoms with Crippen LogP contribution in [0.5, 0.6) is 0 Å². The Morgan fingerprint density at radius 2 is 1.86 bits per heavy atom. The van der Waals surface area contributed by atoms with E-state index in [1.54, 1.807) is 0 Å². The Morgan fingerprint density at radius 3 is 2.66 bits per heavy atom. The van der Waals surface area contributed by atoms with Gasteiger partial charge in [-0.3, -0.25) is 9.58 Å². The third kappa shape index (κ3) is 3.80. The smallest absolute Gasteiger partial charge is 0.0972 e. The second kappa shape index (κ2) is 8.01. The van der Waals surface area contributed by atoms with Gasteiger partial charge in [0.25, 0.3) is 0 Å². The molecule has 3 heterocycles. The number of fused-ring (bicyclic) bond motifs is 1. The maximum absolute atomic E-state index is 6.10. The molecule has 0 amide bonds. The minimum absolute atomic E-state index is 0.500. The lowest BCUT2D eigenvalue weighted by atomic mass is 9.99. The lowest BCUT2D eigenvalue weighted by molar-refractivity contribution is 0.237. The highest BCUT2D eigenvalue weighted by Crippen LogP contribution is 2.34. The van der Waals surface area contributed by atoms with E-state index in [1.807, 2.05) is 12.1 Å². The van der Waals surface area contributed by atoms with E-state index in [0.29, 0.717) is 6.04 Å². The minimum Gasteiger partial charge on any atom is -0.399 e. The van der Waals surface area contributed by atoms with Gasteiger partial charge in [0.1, 0.15) is 0 Å². The molecule has 0 saturated carbocycles. The van der Waals surface area contributed by atoms with Crippen molar-refractivity contribution >= 4 is 5.69 Å². The van der Waals surface area contributed by atoms with Gasteiger partial charge >= 0.3 is 0 Å². The van der Waals surface area contributed by atoms with Gasteiger partial charge in [-0.05, 0) is 43.6 Å². The standard InChI is InChI=1S/C24H29N5/c25-20-8-4-7-19(15-20)24-22-17-28(16-18-5-2-1-3-6-18)14-11-23(22)29(27-24)21-9-12-26-13-10-21/h1-8,15,21,26H,9-14,16-17,25H2. The van der Waals surface area contributed by atoms with Crippen LogP contribution in [-0.4, -0.2) is 34.3 Å². The molecule has 1 saturated heterocycles. The maximum atomic E-state index is 6.10. The first-order valence-corrected chi connectivity index (χ1v) is 10.7. The summed E-state index contributed by atoms with van der Waals surface area (Å²) in [5.41, 5.74) is 13.3.